The van der Waals surface area contributed by atoms with Gasteiger partial charge in [0, 0.05) is 18.3 Å². The van der Waals surface area contributed by atoms with Crippen molar-refractivity contribution < 1.29 is 19.0 Å². The van der Waals surface area contributed by atoms with Crippen LogP contribution in [0, 0.1) is 0 Å². The van der Waals surface area contributed by atoms with Crippen molar-refractivity contribution in [3.8, 4) is 11.5 Å². The number of hydrogen-bond donors (Lipinski definition) is 0. The Morgan fingerprint density at radius 1 is 0.970 bits per heavy atom. The van der Waals surface area contributed by atoms with Crippen LogP contribution in [-0.2, 0) is 9.53 Å². The number of rotatable bonds is 5. The molecule has 0 N–H and O–H groups in total. The van der Waals surface area contributed by atoms with Crippen molar-refractivity contribution in [1.29, 1.82) is 0 Å². The highest BCUT2D eigenvalue weighted by Gasteiger charge is 2.57. The molecular formula is C28H27NO4. The first-order valence-corrected chi connectivity index (χ1v) is 11.2. The van der Waals surface area contributed by atoms with Gasteiger partial charge in [0.15, 0.2) is 5.78 Å². The van der Waals surface area contributed by atoms with Crippen molar-refractivity contribution in [3.63, 3.8) is 0 Å². The van der Waals surface area contributed by atoms with Crippen LogP contribution in [0.25, 0.3) is 6.08 Å². The molecule has 1 saturated heterocycles. The maximum absolute atomic E-state index is 13.9. The van der Waals surface area contributed by atoms with Crippen molar-refractivity contribution in [2.75, 3.05) is 14.2 Å². The van der Waals surface area contributed by atoms with Gasteiger partial charge in [0.05, 0.1) is 20.3 Å². The van der Waals surface area contributed by atoms with E-state index < -0.39 is 5.60 Å². The number of aromatic nitrogens is 1. The lowest BCUT2D eigenvalue weighted by Gasteiger charge is -2.30. The van der Waals surface area contributed by atoms with E-state index in [0.29, 0.717) is 12.8 Å². The molecule has 0 radical (unpaired) electrons. The van der Waals surface area contributed by atoms with Crippen LogP contribution in [-0.4, -0.2) is 30.6 Å². The van der Waals surface area contributed by atoms with Crippen LogP contribution in [0.4, 0.5) is 0 Å². The average Bonchev–Trinajstić information content (AvgIpc) is 3.43. The maximum atomic E-state index is 13.9. The zero-order valence-electron chi connectivity index (χ0n) is 18.9. The Bertz CT molecular complexity index is 1150. The van der Waals surface area contributed by atoms with Crippen molar-refractivity contribution in [2.24, 2.45) is 0 Å². The predicted molar refractivity (Wildman–Crippen MR) is 126 cm³/mol. The first-order chi connectivity index (χ1) is 16.1. The first-order valence-electron chi connectivity index (χ1n) is 11.2. The van der Waals surface area contributed by atoms with E-state index in [4.69, 9.17) is 14.2 Å². The number of ketones is 1. The molecule has 5 heteroatoms. The van der Waals surface area contributed by atoms with Crippen LogP contribution in [0.5, 0.6) is 11.5 Å². The van der Waals surface area contributed by atoms with E-state index in [-0.39, 0.29) is 17.8 Å². The lowest BCUT2D eigenvalue weighted by molar-refractivity contribution is -0.138. The second kappa shape index (κ2) is 8.83. The molecule has 1 saturated carbocycles. The third-order valence-corrected chi connectivity index (χ3v) is 6.82. The normalized spacial score (nSPS) is 25.6. The summed E-state index contributed by atoms with van der Waals surface area (Å²) in [6.45, 7) is 0. The topological polar surface area (TPSA) is 57.7 Å². The predicted octanol–water partition coefficient (Wildman–Crippen LogP) is 5.53. The summed E-state index contributed by atoms with van der Waals surface area (Å²) in [5.74, 6) is 1.64. The number of ether oxygens (including phenoxy) is 3. The molecule has 0 amide bonds. The summed E-state index contributed by atoms with van der Waals surface area (Å²) in [5.41, 5.74) is 3.01. The Kier molecular flexibility index (Phi) is 5.73. The van der Waals surface area contributed by atoms with E-state index in [1.165, 1.54) is 0 Å². The number of benzene rings is 2. The van der Waals surface area contributed by atoms with Gasteiger partial charge in [-0.1, -0.05) is 30.3 Å². The van der Waals surface area contributed by atoms with Gasteiger partial charge < -0.3 is 14.2 Å². The molecule has 5 nitrogen and oxygen atoms in total. The number of methoxy groups -OCH3 is 2. The molecule has 2 fully saturated rings. The summed E-state index contributed by atoms with van der Waals surface area (Å²) in [6, 6.07) is 19.8. The van der Waals surface area contributed by atoms with E-state index in [0.717, 1.165) is 40.2 Å². The van der Waals surface area contributed by atoms with Crippen molar-refractivity contribution in [3.05, 3.63) is 95.3 Å². The summed E-state index contributed by atoms with van der Waals surface area (Å²) in [7, 11) is 3.31. The van der Waals surface area contributed by atoms with Crippen molar-refractivity contribution in [2.45, 2.75) is 36.9 Å². The first kappa shape index (κ1) is 21.4. The highest BCUT2D eigenvalue weighted by Crippen LogP contribution is 2.55. The van der Waals surface area contributed by atoms with Crippen LogP contribution in [0.1, 0.15) is 48.0 Å². The molecule has 3 aromatic rings. The Hall–Kier alpha value is -3.44. The van der Waals surface area contributed by atoms with Gasteiger partial charge in [-0.25, -0.2) is 0 Å². The van der Waals surface area contributed by atoms with Gasteiger partial charge in [-0.2, -0.15) is 0 Å². The monoisotopic (exact) mass is 441 g/mol. The molecule has 0 bridgehead atoms. The van der Waals surface area contributed by atoms with Gasteiger partial charge in [0.25, 0.3) is 0 Å². The van der Waals surface area contributed by atoms with Gasteiger partial charge in [-0.3, -0.25) is 9.78 Å². The summed E-state index contributed by atoms with van der Waals surface area (Å²) in [5, 5.41) is 0. The van der Waals surface area contributed by atoms with E-state index in [9.17, 15) is 4.79 Å². The van der Waals surface area contributed by atoms with E-state index in [1.54, 1.807) is 26.6 Å². The Morgan fingerprint density at radius 3 is 2.24 bits per heavy atom. The standard InChI is InChI=1S/C28H27NO4/c1-31-23-9-5-20(6-10-23)25-17-22(16-19-4-3-15-29-18-19)27(30)28(25)14-13-26(33-28)21-7-11-24(32-2)12-8-21/h3-12,15-16,18,25-26H,13-14,17H2,1-2H3. The molecule has 3 atom stereocenters. The van der Waals surface area contributed by atoms with E-state index in [2.05, 4.69) is 17.1 Å². The Balaban J connectivity index is 1.51. The average molecular weight is 442 g/mol. The number of carbonyl (C=O) groups is 1. The van der Waals surface area contributed by atoms with Crippen molar-refractivity contribution >= 4 is 11.9 Å². The fraction of sp³-hybridized carbons (Fsp3) is 0.286. The third-order valence-electron chi connectivity index (χ3n) is 6.82. The molecule has 1 aliphatic carbocycles. The van der Waals surface area contributed by atoms with E-state index >= 15 is 0 Å². The quantitative estimate of drug-likeness (QED) is 0.487. The van der Waals surface area contributed by atoms with Crippen molar-refractivity contribution in [1.82, 2.24) is 4.98 Å². The van der Waals surface area contributed by atoms with Crippen LogP contribution >= 0.6 is 0 Å². The molecule has 1 aliphatic heterocycles. The molecular weight excluding hydrogens is 414 g/mol. The smallest absolute Gasteiger partial charge is 0.191 e. The lowest BCUT2D eigenvalue weighted by Crippen LogP contribution is -2.38. The summed E-state index contributed by atoms with van der Waals surface area (Å²) in [4.78, 5) is 18.1. The van der Waals surface area contributed by atoms with Crippen LogP contribution in [0.2, 0.25) is 0 Å². The number of hydrogen-bond acceptors (Lipinski definition) is 5. The number of Topliss-reactive ketones (excluding diaryl/α,β-unsaturated/α-hetero) is 1. The zero-order valence-corrected chi connectivity index (χ0v) is 18.9. The second-order valence-corrected chi connectivity index (χ2v) is 8.62. The number of carbonyl (C=O) groups excluding carboxylic acids is 1. The minimum absolute atomic E-state index is 0.0536. The van der Waals surface area contributed by atoms with Gasteiger partial charge >= 0.3 is 0 Å². The van der Waals surface area contributed by atoms with Gasteiger partial charge in [0.1, 0.15) is 17.1 Å². The molecule has 168 valence electrons. The molecule has 3 unspecified atom stereocenters. The van der Waals surface area contributed by atoms with Gasteiger partial charge in [0.2, 0.25) is 0 Å². The SMILES string of the molecule is COc1ccc(C2CCC3(O2)C(=O)C(=Cc2cccnc2)CC3c2ccc(OC)cc2)cc1. The van der Waals surface area contributed by atoms with Gasteiger partial charge in [-0.05, 0) is 77.9 Å². The lowest BCUT2D eigenvalue weighted by atomic mass is 9.82. The highest BCUT2D eigenvalue weighted by atomic mass is 16.5. The number of nitrogens with zero attached hydrogens (tertiary/aromatic N) is 1. The van der Waals surface area contributed by atoms with Crippen LogP contribution < -0.4 is 9.47 Å². The number of pyridine rings is 1. The van der Waals surface area contributed by atoms with Gasteiger partial charge in [-0.15, -0.1) is 0 Å². The molecule has 1 aromatic heterocycles. The molecule has 33 heavy (non-hydrogen) atoms. The molecule has 2 heterocycles. The summed E-state index contributed by atoms with van der Waals surface area (Å²) < 4.78 is 17.3. The maximum Gasteiger partial charge on any atom is 0.191 e. The van der Waals surface area contributed by atoms with Crippen LogP contribution in [0.15, 0.2) is 78.6 Å². The molecule has 2 aromatic carbocycles. The molecule has 2 aliphatic rings. The Morgan fingerprint density at radius 2 is 1.64 bits per heavy atom. The summed E-state index contributed by atoms with van der Waals surface area (Å²) >= 11 is 0. The minimum Gasteiger partial charge on any atom is -0.497 e. The molecule has 5 rings (SSSR count). The Labute approximate surface area is 194 Å². The van der Waals surface area contributed by atoms with Crippen LogP contribution in [0.3, 0.4) is 0 Å². The summed E-state index contributed by atoms with van der Waals surface area (Å²) in [6.07, 6.45) is 7.47. The fourth-order valence-electron chi connectivity index (χ4n) is 5.11. The highest BCUT2D eigenvalue weighted by molar-refractivity contribution is 6.09. The minimum atomic E-state index is -0.868. The largest absolute Gasteiger partial charge is 0.497 e. The fourth-order valence-corrected chi connectivity index (χ4v) is 5.11. The second-order valence-electron chi connectivity index (χ2n) is 8.62. The zero-order chi connectivity index (χ0) is 22.8. The van der Waals surface area contributed by atoms with E-state index in [1.807, 2.05) is 54.6 Å². The molecule has 1 spiro atoms. The third kappa shape index (κ3) is 3.93.